The van der Waals surface area contributed by atoms with E-state index in [4.69, 9.17) is 0 Å². The predicted octanol–water partition coefficient (Wildman–Crippen LogP) is 13.4. The van der Waals surface area contributed by atoms with Gasteiger partial charge in [0.05, 0.1) is 56.7 Å². The van der Waals surface area contributed by atoms with Crippen molar-refractivity contribution in [2.24, 2.45) is 0 Å². The molecule has 0 atom stereocenters. The molecule has 58 heavy (non-hydrogen) atoms. The number of fused-ring (bicyclic) bond motifs is 8. The van der Waals surface area contributed by atoms with Crippen LogP contribution in [0.3, 0.4) is 0 Å². The lowest BCUT2D eigenvalue weighted by atomic mass is 9.72. The van der Waals surface area contributed by atoms with Gasteiger partial charge >= 0.3 is 0 Å². The zero-order chi connectivity index (χ0) is 39.1. The van der Waals surface area contributed by atoms with Crippen LogP contribution in [0.1, 0.15) is 36.1 Å². The molecule has 3 heterocycles. The standard InChI is InChI=1S/C53H35N5/c1-53(2)45-26-34(32-54)22-24-51(45)56(52-25-23-35(33-55)27-46(52)53)38-13-11-12-36(28-38)37-29-39(57-47-18-7-3-14-41(47)42-15-4-8-19-48(42)57)31-40(30-37)58-49-20-9-5-16-43(49)44-17-6-10-21-50(44)58/h3-31H,1-2H3. The number of benzene rings is 8. The molecule has 10 aromatic rings. The third kappa shape index (κ3) is 4.87. The van der Waals surface area contributed by atoms with Crippen molar-refractivity contribution in [1.82, 2.24) is 9.13 Å². The van der Waals surface area contributed by atoms with Crippen LogP contribution in [0, 0.1) is 22.7 Å². The molecular weight excluding hydrogens is 707 g/mol. The molecule has 0 amide bonds. The lowest BCUT2D eigenvalue weighted by Gasteiger charge is -2.42. The first-order chi connectivity index (χ1) is 28.4. The van der Waals surface area contributed by atoms with Gasteiger partial charge in [0.25, 0.3) is 0 Å². The Morgan fingerprint density at radius 3 is 1.24 bits per heavy atom. The molecule has 272 valence electrons. The Bertz CT molecular complexity index is 3110. The van der Waals surface area contributed by atoms with E-state index in [1.54, 1.807) is 0 Å². The van der Waals surface area contributed by atoms with Crippen LogP contribution in [0.4, 0.5) is 17.1 Å². The molecule has 0 spiro atoms. The average molecular weight is 742 g/mol. The third-order valence-corrected chi connectivity index (χ3v) is 12.1. The van der Waals surface area contributed by atoms with Crippen molar-refractivity contribution in [2.45, 2.75) is 19.3 Å². The lowest BCUT2D eigenvalue weighted by molar-refractivity contribution is 0.631. The molecule has 1 aliphatic rings. The Hall–Kier alpha value is -7.86. The monoisotopic (exact) mass is 741 g/mol. The number of anilines is 3. The summed E-state index contributed by atoms with van der Waals surface area (Å²) in [6, 6.07) is 66.9. The Morgan fingerprint density at radius 2 is 0.810 bits per heavy atom. The van der Waals surface area contributed by atoms with E-state index in [1.807, 2.05) is 24.3 Å². The molecule has 0 saturated carbocycles. The fourth-order valence-corrected chi connectivity index (χ4v) is 9.40. The molecule has 5 nitrogen and oxygen atoms in total. The van der Waals surface area contributed by atoms with Crippen molar-refractivity contribution in [3.63, 3.8) is 0 Å². The van der Waals surface area contributed by atoms with Crippen LogP contribution in [0.25, 0.3) is 66.1 Å². The Labute approximate surface area is 336 Å². The van der Waals surface area contributed by atoms with Crippen LogP contribution in [0.2, 0.25) is 0 Å². The number of nitriles is 2. The molecule has 0 bridgehead atoms. The van der Waals surface area contributed by atoms with Gasteiger partial charge in [0.2, 0.25) is 0 Å². The number of aromatic nitrogens is 2. The highest BCUT2D eigenvalue weighted by Crippen LogP contribution is 2.52. The fourth-order valence-electron chi connectivity index (χ4n) is 9.40. The van der Waals surface area contributed by atoms with E-state index in [-0.39, 0.29) is 0 Å². The SMILES string of the molecule is CC1(C)c2cc(C#N)ccc2N(c2cccc(-c3cc(-n4c5ccccc5c5ccccc54)cc(-n4c5ccccc5c5ccccc54)c3)c2)c2ccc(C#N)cc21. The van der Waals surface area contributed by atoms with Gasteiger partial charge in [-0.3, -0.25) is 0 Å². The third-order valence-electron chi connectivity index (χ3n) is 12.1. The normalized spacial score (nSPS) is 13.1. The van der Waals surface area contributed by atoms with E-state index in [2.05, 4.69) is 192 Å². The quantitative estimate of drug-likeness (QED) is 0.180. The van der Waals surface area contributed by atoms with Gasteiger partial charge in [0.15, 0.2) is 0 Å². The molecule has 8 aromatic carbocycles. The number of rotatable bonds is 4. The van der Waals surface area contributed by atoms with Crippen LogP contribution in [-0.2, 0) is 5.41 Å². The van der Waals surface area contributed by atoms with Crippen molar-refractivity contribution in [2.75, 3.05) is 4.90 Å². The van der Waals surface area contributed by atoms with Gasteiger partial charge in [0.1, 0.15) is 0 Å². The van der Waals surface area contributed by atoms with E-state index < -0.39 is 5.41 Å². The summed E-state index contributed by atoms with van der Waals surface area (Å²) >= 11 is 0. The maximum atomic E-state index is 9.94. The summed E-state index contributed by atoms with van der Waals surface area (Å²) in [7, 11) is 0. The molecule has 5 heteroatoms. The molecule has 0 unspecified atom stereocenters. The first kappa shape index (κ1) is 33.5. The van der Waals surface area contributed by atoms with Crippen LogP contribution in [0.15, 0.2) is 176 Å². The summed E-state index contributed by atoms with van der Waals surface area (Å²) in [5.74, 6) is 0. The van der Waals surface area contributed by atoms with E-state index in [0.29, 0.717) is 11.1 Å². The summed E-state index contributed by atoms with van der Waals surface area (Å²) in [5.41, 5.74) is 14.8. The van der Waals surface area contributed by atoms with Crippen LogP contribution in [-0.4, -0.2) is 9.13 Å². The largest absolute Gasteiger partial charge is 0.310 e. The Kier molecular flexibility index (Phi) is 7.26. The molecular formula is C53H35N5. The maximum absolute atomic E-state index is 9.94. The van der Waals surface area contributed by atoms with E-state index in [1.165, 1.54) is 21.5 Å². The molecule has 11 rings (SSSR count). The van der Waals surface area contributed by atoms with Crippen LogP contribution >= 0.6 is 0 Å². The summed E-state index contributed by atoms with van der Waals surface area (Å²) in [6.07, 6.45) is 0. The number of para-hydroxylation sites is 4. The van der Waals surface area contributed by atoms with Crippen molar-refractivity contribution in [3.8, 4) is 34.6 Å². The molecule has 0 N–H and O–H groups in total. The second-order valence-electron chi connectivity index (χ2n) is 15.7. The van der Waals surface area contributed by atoms with Gasteiger partial charge in [-0.15, -0.1) is 0 Å². The highest BCUT2D eigenvalue weighted by Gasteiger charge is 2.37. The second kappa shape index (κ2) is 12.6. The molecule has 0 aliphatic carbocycles. The topological polar surface area (TPSA) is 60.7 Å². The van der Waals surface area contributed by atoms with E-state index >= 15 is 0 Å². The Balaban J connectivity index is 1.18. The number of hydrogen-bond donors (Lipinski definition) is 0. The van der Waals surface area contributed by atoms with Crippen molar-refractivity contribution >= 4 is 60.7 Å². The Morgan fingerprint density at radius 1 is 0.397 bits per heavy atom. The zero-order valence-electron chi connectivity index (χ0n) is 32.0. The maximum Gasteiger partial charge on any atom is 0.0991 e. The highest BCUT2D eigenvalue weighted by molar-refractivity contribution is 6.10. The van der Waals surface area contributed by atoms with E-state index in [9.17, 15) is 10.5 Å². The van der Waals surface area contributed by atoms with Gasteiger partial charge in [-0.2, -0.15) is 10.5 Å². The minimum absolute atomic E-state index is 0.438. The average Bonchev–Trinajstić information content (AvgIpc) is 3.79. The molecule has 0 saturated heterocycles. The number of nitrogens with zero attached hydrogens (tertiary/aromatic N) is 5. The van der Waals surface area contributed by atoms with Crippen molar-refractivity contribution in [1.29, 1.82) is 10.5 Å². The van der Waals surface area contributed by atoms with Gasteiger partial charge in [0, 0.05) is 44.0 Å². The minimum atomic E-state index is -0.438. The van der Waals surface area contributed by atoms with Crippen LogP contribution < -0.4 is 4.90 Å². The lowest BCUT2D eigenvalue weighted by Crippen LogP contribution is -2.31. The first-order valence-electron chi connectivity index (χ1n) is 19.5. The summed E-state index contributed by atoms with van der Waals surface area (Å²) < 4.78 is 4.79. The zero-order valence-corrected chi connectivity index (χ0v) is 32.0. The molecule has 1 aliphatic heterocycles. The summed E-state index contributed by atoms with van der Waals surface area (Å²) in [6.45, 7) is 4.36. The second-order valence-corrected chi connectivity index (χ2v) is 15.7. The molecule has 0 fully saturated rings. The predicted molar refractivity (Wildman–Crippen MR) is 237 cm³/mol. The number of hydrogen-bond acceptors (Lipinski definition) is 3. The smallest absolute Gasteiger partial charge is 0.0991 e. The highest BCUT2D eigenvalue weighted by atomic mass is 15.2. The van der Waals surface area contributed by atoms with Gasteiger partial charge in [-0.25, -0.2) is 0 Å². The van der Waals surface area contributed by atoms with Gasteiger partial charge in [-0.05, 0) is 113 Å². The molecule has 2 aromatic heterocycles. The van der Waals surface area contributed by atoms with Gasteiger partial charge in [-0.1, -0.05) is 98.8 Å². The summed E-state index contributed by atoms with van der Waals surface area (Å²) in [5, 5.41) is 24.7. The first-order valence-corrected chi connectivity index (χ1v) is 19.5. The van der Waals surface area contributed by atoms with Crippen molar-refractivity contribution < 1.29 is 0 Å². The molecule has 0 radical (unpaired) electrons. The fraction of sp³-hybridized carbons (Fsp3) is 0.0566. The van der Waals surface area contributed by atoms with Crippen LogP contribution in [0.5, 0.6) is 0 Å². The minimum Gasteiger partial charge on any atom is -0.310 e. The van der Waals surface area contributed by atoms with Gasteiger partial charge < -0.3 is 14.0 Å². The summed E-state index contributed by atoms with van der Waals surface area (Å²) in [4.78, 5) is 2.28. The van der Waals surface area contributed by atoms with Crippen molar-refractivity contribution in [3.05, 3.63) is 198 Å². The van der Waals surface area contributed by atoms with E-state index in [0.717, 1.165) is 72.8 Å².